The van der Waals surface area contributed by atoms with Crippen LogP contribution in [-0.2, 0) is 26.8 Å². The molecular weight excluding hydrogens is 521 g/mol. The topological polar surface area (TPSA) is 57.9 Å². The van der Waals surface area contributed by atoms with Gasteiger partial charge in [-0.1, -0.05) is 53.7 Å². The van der Waals surface area contributed by atoms with Crippen LogP contribution >= 0.6 is 0 Å². The average Bonchev–Trinajstić information content (AvgIpc) is 3.42. The maximum Gasteiger partial charge on any atom is 0.305 e. The van der Waals surface area contributed by atoms with Gasteiger partial charge in [-0.2, -0.15) is 0 Å². The number of methoxy groups -OCH3 is 1. The lowest BCUT2D eigenvalue weighted by Crippen LogP contribution is -2.44. The molecule has 4 rings (SSSR count). The van der Waals surface area contributed by atoms with Crippen molar-refractivity contribution in [3.05, 3.63) is 46.7 Å². The number of esters is 1. The van der Waals surface area contributed by atoms with Gasteiger partial charge in [-0.3, -0.25) is 4.79 Å². The third-order valence-electron chi connectivity index (χ3n) is 9.31. The summed E-state index contributed by atoms with van der Waals surface area (Å²) in [6, 6.07) is 4.43. The summed E-state index contributed by atoms with van der Waals surface area (Å²) < 4.78 is 25.2. The van der Waals surface area contributed by atoms with E-state index < -0.39 is 16.6 Å². The largest absolute Gasteiger partial charge is 0.543 e. The minimum Gasteiger partial charge on any atom is -0.543 e. The second kappa shape index (κ2) is 9.84. The van der Waals surface area contributed by atoms with E-state index in [1.165, 1.54) is 12.7 Å². The molecule has 1 heterocycles. The number of carbonyl (C=O) groups excluding carboxylic acids is 1. The summed E-state index contributed by atoms with van der Waals surface area (Å²) in [5.41, 5.74) is 5.33. The summed E-state index contributed by atoms with van der Waals surface area (Å²) in [6.07, 6.45) is 5.70. The number of rotatable bonds is 7. The molecule has 1 aliphatic carbocycles. The number of fused-ring (bicyclic) bond motifs is 4. The number of ether oxygens (including phenoxy) is 1. The molecule has 0 amide bonds. The average molecular weight is 567 g/mol. The van der Waals surface area contributed by atoms with Gasteiger partial charge in [0.1, 0.15) is 5.76 Å². The van der Waals surface area contributed by atoms with Crippen molar-refractivity contribution >= 4 is 50.1 Å². The number of hydrogen-bond acceptors (Lipinski definition) is 5. The van der Waals surface area contributed by atoms with Crippen molar-refractivity contribution in [1.82, 2.24) is 0 Å². The van der Waals surface area contributed by atoms with E-state index in [0.29, 0.717) is 12.8 Å². The molecule has 0 unspecified atom stereocenters. The summed E-state index contributed by atoms with van der Waals surface area (Å²) in [5.74, 6) is 1.60. The third kappa shape index (κ3) is 5.20. The Morgan fingerprint density at radius 3 is 2.15 bits per heavy atom. The molecule has 0 N–H and O–H groups in total. The monoisotopic (exact) mass is 566 g/mol. The Bertz CT molecular complexity index is 1460. The molecule has 2 aromatic carbocycles. The Hall–Kier alpha value is -2.52. The highest BCUT2D eigenvalue weighted by atomic mass is 28.4. The van der Waals surface area contributed by atoms with E-state index in [4.69, 9.17) is 18.0 Å². The van der Waals surface area contributed by atoms with Crippen LogP contribution in [0.1, 0.15) is 70.2 Å². The Morgan fingerprint density at radius 2 is 1.56 bits per heavy atom. The molecule has 1 aromatic heterocycles. The van der Waals surface area contributed by atoms with Crippen molar-refractivity contribution in [3.8, 4) is 5.75 Å². The molecule has 212 valence electrons. The zero-order valence-corrected chi connectivity index (χ0v) is 28.0. The van der Waals surface area contributed by atoms with Gasteiger partial charge in [0.2, 0.25) is 8.32 Å². The molecule has 0 atom stereocenters. The summed E-state index contributed by atoms with van der Waals surface area (Å²) in [6.45, 7) is 24.9. The van der Waals surface area contributed by atoms with Crippen molar-refractivity contribution in [2.75, 3.05) is 7.11 Å². The molecule has 0 saturated heterocycles. The fourth-order valence-electron chi connectivity index (χ4n) is 4.74. The molecule has 7 heteroatoms. The van der Waals surface area contributed by atoms with Crippen LogP contribution in [0, 0.1) is 6.92 Å². The van der Waals surface area contributed by atoms with E-state index in [2.05, 4.69) is 92.9 Å². The lowest BCUT2D eigenvalue weighted by Gasteiger charge is -2.37. The van der Waals surface area contributed by atoms with E-state index >= 15 is 0 Å². The van der Waals surface area contributed by atoms with Crippen LogP contribution in [0.4, 0.5) is 0 Å². The molecule has 0 fully saturated rings. The number of aryl methyl sites for hydroxylation is 2. The first-order valence-electron chi connectivity index (χ1n) is 14.0. The van der Waals surface area contributed by atoms with Crippen molar-refractivity contribution in [3.63, 3.8) is 0 Å². The van der Waals surface area contributed by atoms with Crippen LogP contribution < -0.4 is 4.43 Å². The highest BCUT2D eigenvalue weighted by Crippen LogP contribution is 2.49. The Balaban J connectivity index is 1.95. The molecule has 1 aliphatic rings. The van der Waals surface area contributed by atoms with Crippen LogP contribution in [0.25, 0.3) is 27.5 Å². The molecule has 0 radical (unpaired) electrons. The zero-order chi connectivity index (χ0) is 29.1. The molecule has 3 aromatic rings. The van der Waals surface area contributed by atoms with Crippen LogP contribution in [0.15, 0.2) is 28.9 Å². The van der Waals surface area contributed by atoms with Gasteiger partial charge in [0, 0.05) is 22.8 Å². The number of allylic oxidation sites excluding steroid dienone is 1. The molecule has 39 heavy (non-hydrogen) atoms. The van der Waals surface area contributed by atoms with E-state index in [1.54, 1.807) is 6.26 Å². The molecule has 0 spiro atoms. The Labute approximate surface area is 236 Å². The Morgan fingerprint density at radius 1 is 0.949 bits per heavy atom. The van der Waals surface area contributed by atoms with Crippen LogP contribution in [0.5, 0.6) is 5.75 Å². The second-order valence-electron chi connectivity index (χ2n) is 14.0. The van der Waals surface area contributed by atoms with Gasteiger partial charge in [0.25, 0.3) is 8.32 Å². The second-order valence-corrected chi connectivity index (χ2v) is 23.5. The van der Waals surface area contributed by atoms with Gasteiger partial charge in [0.15, 0.2) is 11.3 Å². The van der Waals surface area contributed by atoms with Gasteiger partial charge in [0.05, 0.1) is 13.4 Å². The molecule has 5 nitrogen and oxygen atoms in total. The molecule has 0 aliphatic heterocycles. The highest BCUT2D eigenvalue weighted by molar-refractivity contribution is 6.75. The predicted octanol–water partition coefficient (Wildman–Crippen LogP) is 9.30. The van der Waals surface area contributed by atoms with E-state index in [0.717, 1.165) is 56.4 Å². The normalized spacial score (nSPS) is 14.5. The zero-order valence-electron chi connectivity index (χ0n) is 26.0. The SMILES string of the molecule is COC(=O)CCc1coc2c(O[Si](C)(C)C(C)(C)C)c3c4c(ccc3c(C)c12)C(O[Si](C)(C)C(C)(C)C)=CC4. The van der Waals surface area contributed by atoms with Crippen molar-refractivity contribution < 1.29 is 22.8 Å². The van der Waals surface area contributed by atoms with Crippen LogP contribution in [0.2, 0.25) is 36.3 Å². The molecule has 0 saturated carbocycles. The minimum absolute atomic E-state index is 0.0175. The molecular formula is C32H46O5Si2. The number of hydrogen-bond donors (Lipinski definition) is 0. The lowest BCUT2D eigenvalue weighted by atomic mass is 9.92. The fraction of sp³-hybridized carbons (Fsp3) is 0.531. The first kappa shape index (κ1) is 29.5. The van der Waals surface area contributed by atoms with Gasteiger partial charge in [-0.25, -0.2) is 0 Å². The third-order valence-corrected chi connectivity index (χ3v) is 18.0. The van der Waals surface area contributed by atoms with Gasteiger partial charge >= 0.3 is 5.97 Å². The molecule has 0 bridgehead atoms. The summed E-state index contributed by atoms with van der Waals surface area (Å²) in [7, 11) is -2.80. The van der Waals surface area contributed by atoms with Gasteiger partial charge in [-0.05, 0) is 84.2 Å². The number of carbonyl (C=O) groups is 1. The standard InChI is InChI=1S/C32H46O5Si2/c1-20-22-14-15-23-24(16-17-25(23)36-38(9,10)31(2,3)4)28(22)30(37-39(11,12)32(5,6)7)29-27(20)21(19-35-29)13-18-26(33)34-8/h14-15,17,19H,13,16,18H2,1-12H3. The first-order chi connectivity index (χ1) is 17.9. The highest BCUT2D eigenvalue weighted by Gasteiger charge is 2.42. The Kier molecular flexibility index (Phi) is 7.43. The van der Waals surface area contributed by atoms with Crippen molar-refractivity contribution in [2.24, 2.45) is 0 Å². The quantitative estimate of drug-likeness (QED) is 0.211. The maximum atomic E-state index is 11.9. The van der Waals surface area contributed by atoms with Gasteiger partial charge < -0.3 is 18.0 Å². The minimum atomic E-state index is -2.22. The van der Waals surface area contributed by atoms with Gasteiger partial charge in [-0.15, -0.1) is 0 Å². The van der Waals surface area contributed by atoms with E-state index in [9.17, 15) is 4.79 Å². The maximum absolute atomic E-state index is 11.9. The number of furan rings is 1. The van der Waals surface area contributed by atoms with Crippen LogP contribution in [0.3, 0.4) is 0 Å². The number of benzene rings is 2. The predicted molar refractivity (Wildman–Crippen MR) is 167 cm³/mol. The summed E-state index contributed by atoms with van der Waals surface area (Å²) >= 11 is 0. The lowest BCUT2D eigenvalue weighted by molar-refractivity contribution is -0.140. The summed E-state index contributed by atoms with van der Waals surface area (Å²) in [4.78, 5) is 11.9. The first-order valence-corrected chi connectivity index (χ1v) is 19.8. The van der Waals surface area contributed by atoms with Crippen LogP contribution in [-0.4, -0.2) is 29.7 Å². The van der Waals surface area contributed by atoms with Crippen molar-refractivity contribution in [2.45, 2.75) is 104 Å². The van der Waals surface area contributed by atoms with E-state index in [-0.39, 0.29) is 16.0 Å². The summed E-state index contributed by atoms with van der Waals surface area (Å²) in [5, 5.41) is 3.47. The smallest absolute Gasteiger partial charge is 0.305 e. The fourth-order valence-corrected chi connectivity index (χ4v) is 6.80. The van der Waals surface area contributed by atoms with Crippen molar-refractivity contribution in [1.29, 1.82) is 0 Å². The van der Waals surface area contributed by atoms with E-state index in [1.807, 2.05) is 0 Å².